The summed E-state index contributed by atoms with van der Waals surface area (Å²) >= 11 is 3.12. The molecule has 1 saturated heterocycles. The van der Waals surface area contributed by atoms with Gasteiger partial charge in [-0.25, -0.2) is 0 Å². The van der Waals surface area contributed by atoms with Crippen LogP contribution in [0.1, 0.15) is 11.8 Å². The van der Waals surface area contributed by atoms with Gasteiger partial charge in [-0.2, -0.15) is 16.1 Å². The van der Waals surface area contributed by atoms with Crippen LogP contribution in [0, 0.1) is 5.92 Å². The smallest absolute Gasteiger partial charge is 0.225 e. The summed E-state index contributed by atoms with van der Waals surface area (Å²) in [7, 11) is 1.59. The van der Waals surface area contributed by atoms with E-state index in [1.165, 1.54) is 11.5 Å². The number of aromatic nitrogens is 1. The van der Waals surface area contributed by atoms with Crippen molar-refractivity contribution in [3.05, 3.63) is 10.9 Å². The van der Waals surface area contributed by atoms with Gasteiger partial charge in [0.15, 0.2) is 0 Å². The molecule has 2 atom stereocenters. The summed E-state index contributed by atoms with van der Waals surface area (Å²) in [5.74, 6) is 2.66. The lowest BCUT2D eigenvalue weighted by atomic mass is 9.91. The summed E-state index contributed by atoms with van der Waals surface area (Å²) in [6.07, 6.45) is 0. The quantitative estimate of drug-likeness (QED) is 0.841. The molecule has 1 aromatic rings. The maximum atomic E-state index is 10.4. The van der Waals surface area contributed by atoms with Crippen LogP contribution in [0.25, 0.3) is 0 Å². The van der Waals surface area contributed by atoms with Gasteiger partial charge in [-0.3, -0.25) is 0 Å². The Morgan fingerprint density at radius 3 is 3.00 bits per heavy atom. The van der Waals surface area contributed by atoms with Crippen molar-refractivity contribution in [2.75, 3.05) is 18.6 Å². The normalized spacial score (nSPS) is 32.1. The third-order valence-corrected chi connectivity index (χ3v) is 4.95. The molecule has 2 heterocycles. The van der Waals surface area contributed by atoms with E-state index in [9.17, 15) is 5.11 Å². The third-order valence-electron chi connectivity index (χ3n) is 2.63. The highest BCUT2D eigenvalue weighted by atomic mass is 32.2. The van der Waals surface area contributed by atoms with E-state index < -0.39 is 5.60 Å². The molecule has 14 heavy (non-hydrogen) atoms. The monoisotopic (exact) mass is 231 g/mol. The molecular formula is C9H13NO2S2. The first-order chi connectivity index (χ1) is 6.66. The number of methoxy groups -OCH3 is 1. The van der Waals surface area contributed by atoms with Crippen LogP contribution in [0.15, 0.2) is 6.07 Å². The average molecular weight is 231 g/mol. The van der Waals surface area contributed by atoms with Gasteiger partial charge in [-0.05, 0) is 23.2 Å². The van der Waals surface area contributed by atoms with Gasteiger partial charge in [0.2, 0.25) is 5.88 Å². The van der Waals surface area contributed by atoms with Crippen molar-refractivity contribution in [2.24, 2.45) is 5.92 Å². The van der Waals surface area contributed by atoms with Crippen molar-refractivity contribution >= 4 is 23.3 Å². The standard InChI is InChI=1S/C9H13NO2S2/c1-6-4-13-5-9(6,11)7-3-8(12-2)10-14-7/h3,6,11H,4-5H2,1-2H3. The topological polar surface area (TPSA) is 42.4 Å². The summed E-state index contributed by atoms with van der Waals surface area (Å²) in [6.45, 7) is 2.08. The van der Waals surface area contributed by atoms with Crippen LogP contribution >= 0.6 is 23.3 Å². The fourth-order valence-electron chi connectivity index (χ4n) is 1.54. The van der Waals surface area contributed by atoms with Crippen LogP contribution in [0.4, 0.5) is 0 Å². The van der Waals surface area contributed by atoms with E-state index in [0.717, 1.165) is 16.4 Å². The van der Waals surface area contributed by atoms with Gasteiger partial charge < -0.3 is 9.84 Å². The summed E-state index contributed by atoms with van der Waals surface area (Å²) in [5.41, 5.74) is -0.695. The van der Waals surface area contributed by atoms with Gasteiger partial charge in [-0.1, -0.05) is 6.92 Å². The maximum Gasteiger partial charge on any atom is 0.225 e. The van der Waals surface area contributed by atoms with E-state index in [-0.39, 0.29) is 5.92 Å². The number of rotatable bonds is 2. The van der Waals surface area contributed by atoms with E-state index in [4.69, 9.17) is 4.74 Å². The first-order valence-corrected chi connectivity index (χ1v) is 6.41. The Morgan fingerprint density at radius 1 is 1.71 bits per heavy atom. The molecule has 0 spiro atoms. The minimum absolute atomic E-state index is 0.289. The molecule has 0 amide bonds. The Hall–Kier alpha value is -0.260. The lowest BCUT2D eigenvalue weighted by Gasteiger charge is -2.24. The average Bonchev–Trinajstić information content (AvgIpc) is 2.75. The Bertz CT molecular complexity index is 328. The number of nitrogens with zero attached hydrogens (tertiary/aromatic N) is 1. The van der Waals surface area contributed by atoms with Gasteiger partial charge in [0.25, 0.3) is 0 Å². The van der Waals surface area contributed by atoms with E-state index in [0.29, 0.717) is 5.88 Å². The number of ether oxygens (including phenoxy) is 1. The van der Waals surface area contributed by atoms with Crippen LogP contribution in [0.5, 0.6) is 5.88 Å². The first-order valence-electron chi connectivity index (χ1n) is 4.48. The van der Waals surface area contributed by atoms with Gasteiger partial charge >= 0.3 is 0 Å². The molecule has 5 heteroatoms. The van der Waals surface area contributed by atoms with E-state index in [2.05, 4.69) is 11.3 Å². The second kappa shape index (κ2) is 3.72. The molecule has 2 unspecified atom stereocenters. The van der Waals surface area contributed by atoms with Gasteiger partial charge in [0.1, 0.15) is 5.60 Å². The molecule has 0 bridgehead atoms. The van der Waals surface area contributed by atoms with Crippen LogP contribution in [0.3, 0.4) is 0 Å². The molecular weight excluding hydrogens is 218 g/mol. The van der Waals surface area contributed by atoms with Crippen molar-refractivity contribution in [1.29, 1.82) is 0 Å². The van der Waals surface area contributed by atoms with Crippen LogP contribution in [0.2, 0.25) is 0 Å². The zero-order valence-electron chi connectivity index (χ0n) is 8.19. The molecule has 0 saturated carbocycles. The highest BCUT2D eigenvalue weighted by molar-refractivity contribution is 7.99. The largest absolute Gasteiger partial charge is 0.480 e. The molecule has 0 aromatic carbocycles. The lowest BCUT2D eigenvalue weighted by molar-refractivity contribution is 0.0270. The molecule has 1 aliphatic heterocycles. The Morgan fingerprint density at radius 2 is 2.50 bits per heavy atom. The SMILES string of the molecule is COc1cc(C2(O)CSCC2C)sn1. The molecule has 1 N–H and O–H groups in total. The van der Waals surface area contributed by atoms with E-state index in [1.54, 1.807) is 18.9 Å². The summed E-state index contributed by atoms with van der Waals surface area (Å²) in [6, 6.07) is 1.84. The molecule has 1 aromatic heterocycles. The van der Waals surface area contributed by atoms with Crippen molar-refractivity contribution in [1.82, 2.24) is 4.37 Å². The third kappa shape index (κ3) is 1.53. The van der Waals surface area contributed by atoms with Crippen LogP contribution < -0.4 is 4.74 Å². The van der Waals surface area contributed by atoms with Crippen LogP contribution in [-0.2, 0) is 5.60 Å². The second-order valence-corrected chi connectivity index (χ2v) is 5.41. The summed E-state index contributed by atoms with van der Waals surface area (Å²) in [4.78, 5) is 0.923. The lowest BCUT2D eigenvalue weighted by Crippen LogP contribution is -2.31. The number of thioether (sulfide) groups is 1. The highest BCUT2D eigenvalue weighted by Crippen LogP contribution is 2.43. The van der Waals surface area contributed by atoms with Crippen LogP contribution in [-0.4, -0.2) is 28.1 Å². The molecule has 0 aliphatic carbocycles. The minimum atomic E-state index is -0.695. The molecule has 2 rings (SSSR count). The van der Waals surface area contributed by atoms with E-state index >= 15 is 0 Å². The Kier molecular flexibility index (Phi) is 2.72. The number of hydrogen-bond acceptors (Lipinski definition) is 5. The Labute approximate surface area is 91.6 Å². The maximum absolute atomic E-state index is 10.4. The fraction of sp³-hybridized carbons (Fsp3) is 0.667. The highest BCUT2D eigenvalue weighted by Gasteiger charge is 2.42. The fourth-order valence-corrected chi connectivity index (χ4v) is 4.03. The van der Waals surface area contributed by atoms with Crippen molar-refractivity contribution < 1.29 is 9.84 Å². The van der Waals surface area contributed by atoms with Gasteiger partial charge in [0, 0.05) is 11.8 Å². The molecule has 1 aliphatic rings. The van der Waals surface area contributed by atoms with Gasteiger partial charge in [0.05, 0.1) is 12.0 Å². The van der Waals surface area contributed by atoms with Gasteiger partial charge in [-0.15, -0.1) is 0 Å². The zero-order chi connectivity index (χ0) is 10.2. The molecule has 3 nitrogen and oxygen atoms in total. The summed E-state index contributed by atoms with van der Waals surface area (Å²) < 4.78 is 9.13. The summed E-state index contributed by atoms with van der Waals surface area (Å²) in [5, 5.41) is 10.4. The predicted octanol–water partition coefficient (Wildman–Crippen LogP) is 1.72. The van der Waals surface area contributed by atoms with Crippen molar-refractivity contribution in [2.45, 2.75) is 12.5 Å². The molecule has 1 fully saturated rings. The van der Waals surface area contributed by atoms with E-state index in [1.807, 2.05) is 6.07 Å². The zero-order valence-corrected chi connectivity index (χ0v) is 9.82. The molecule has 78 valence electrons. The number of hydrogen-bond donors (Lipinski definition) is 1. The molecule has 0 radical (unpaired) electrons. The second-order valence-electron chi connectivity index (χ2n) is 3.57. The predicted molar refractivity (Wildman–Crippen MR) is 59.1 cm³/mol. The van der Waals surface area contributed by atoms with Crippen molar-refractivity contribution in [3.8, 4) is 5.88 Å². The minimum Gasteiger partial charge on any atom is -0.480 e. The van der Waals surface area contributed by atoms with Crippen molar-refractivity contribution in [3.63, 3.8) is 0 Å². The Balaban J connectivity index is 2.28. The number of aliphatic hydroxyl groups is 1. The first kappa shape index (κ1) is 10.3.